The summed E-state index contributed by atoms with van der Waals surface area (Å²) >= 11 is 0. The molecule has 0 aliphatic rings. The fourth-order valence-electron chi connectivity index (χ4n) is 1.58. The number of aliphatic hydroxyl groups excluding tert-OH is 1. The van der Waals surface area contributed by atoms with E-state index in [0.717, 1.165) is 0 Å². The van der Waals surface area contributed by atoms with Crippen molar-refractivity contribution in [3.05, 3.63) is 59.9 Å². The van der Waals surface area contributed by atoms with Crippen molar-refractivity contribution in [1.29, 1.82) is 0 Å². The van der Waals surface area contributed by atoms with E-state index in [1.165, 1.54) is 24.3 Å². The molecule has 0 spiro atoms. The van der Waals surface area contributed by atoms with Crippen molar-refractivity contribution in [3.8, 4) is 11.5 Å². The largest absolute Gasteiger partial charge is 0.508 e. The first kappa shape index (κ1) is 12.4. The minimum absolute atomic E-state index is 0.0767. The summed E-state index contributed by atoms with van der Waals surface area (Å²) in [6.45, 7) is -0.0790. The van der Waals surface area contributed by atoms with Crippen LogP contribution in [0.15, 0.2) is 48.5 Å². The summed E-state index contributed by atoms with van der Waals surface area (Å²) in [5, 5.41) is 19.0. The molecule has 1 unspecified atom stereocenters. The number of aliphatic hydroxyl groups is 1. The standard InChI is InChI=1S/C14H13FO3/c15-13-7-2-1-6-12(13)14(17)9-18-11-5-3-4-10(16)8-11/h1-8,14,16-17H,9H2. The third kappa shape index (κ3) is 2.99. The van der Waals surface area contributed by atoms with Crippen LogP contribution in [0.1, 0.15) is 11.7 Å². The highest BCUT2D eigenvalue weighted by Crippen LogP contribution is 2.21. The summed E-state index contributed by atoms with van der Waals surface area (Å²) in [7, 11) is 0. The maximum absolute atomic E-state index is 13.4. The number of hydrogen-bond acceptors (Lipinski definition) is 3. The average molecular weight is 248 g/mol. The highest BCUT2D eigenvalue weighted by molar-refractivity contribution is 5.31. The molecule has 0 heterocycles. The topological polar surface area (TPSA) is 49.7 Å². The van der Waals surface area contributed by atoms with E-state index in [1.807, 2.05) is 0 Å². The lowest BCUT2D eigenvalue weighted by Crippen LogP contribution is -2.11. The fourth-order valence-corrected chi connectivity index (χ4v) is 1.58. The van der Waals surface area contributed by atoms with Crippen molar-refractivity contribution in [2.24, 2.45) is 0 Å². The van der Waals surface area contributed by atoms with Crippen molar-refractivity contribution in [1.82, 2.24) is 0 Å². The molecule has 2 aromatic rings. The van der Waals surface area contributed by atoms with Gasteiger partial charge in [0.05, 0.1) is 0 Å². The molecule has 0 amide bonds. The zero-order valence-corrected chi connectivity index (χ0v) is 9.58. The summed E-state index contributed by atoms with van der Waals surface area (Å²) < 4.78 is 18.7. The predicted octanol–water partition coefficient (Wildman–Crippen LogP) is 2.64. The highest BCUT2D eigenvalue weighted by atomic mass is 19.1. The van der Waals surface area contributed by atoms with Gasteiger partial charge in [-0.05, 0) is 18.2 Å². The third-order valence-electron chi connectivity index (χ3n) is 2.49. The van der Waals surface area contributed by atoms with Crippen LogP contribution in [0, 0.1) is 5.82 Å². The van der Waals surface area contributed by atoms with Crippen LogP contribution in [-0.4, -0.2) is 16.8 Å². The monoisotopic (exact) mass is 248 g/mol. The molecule has 0 aliphatic carbocycles. The summed E-state index contributed by atoms with van der Waals surface area (Å²) in [6.07, 6.45) is -1.05. The van der Waals surface area contributed by atoms with Crippen molar-refractivity contribution < 1.29 is 19.3 Å². The van der Waals surface area contributed by atoms with Gasteiger partial charge in [0.25, 0.3) is 0 Å². The lowest BCUT2D eigenvalue weighted by molar-refractivity contribution is 0.105. The summed E-state index contributed by atoms with van der Waals surface area (Å²) in [5.74, 6) is 0.0304. The lowest BCUT2D eigenvalue weighted by atomic mass is 10.1. The van der Waals surface area contributed by atoms with Gasteiger partial charge in [0.15, 0.2) is 0 Å². The molecule has 0 saturated carbocycles. The van der Waals surface area contributed by atoms with Crippen LogP contribution in [0.5, 0.6) is 11.5 Å². The molecule has 3 nitrogen and oxygen atoms in total. The first-order chi connectivity index (χ1) is 8.66. The van der Waals surface area contributed by atoms with Crippen LogP contribution in [0.25, 0.3) is 0 Å². The molecule has 0 radical (unpaired) electrons. The number of halogens is 1. The maximum atomic E-state index is 13.4. The SMILES string of the molecule is Oc1cccc(OCC(O)c2ccccc2F)c1. The van der Waals surface area contributed by atoms with E-state index in [4.69, 9.17) is 4.74 Å². The molecule has 2 N–H and O–H groups in total. The number of rotatable bonds is 4. The molecule has 0 saturated heterocycles. The van der Waals surface area contributed by atoms with Crippen LogP contribution in [0.2, 0.25) is 0 Å². The predicted molar refractivity (Wildman–Crippen MR) is 65.0 cm³/mol. The van der Waals surface area contributed by atoms with Crippen LogP contribution in [0.4, 0.5) is 4.39 Å². The van der Waals surface area contributed by atoms with Crippen LogP contribution in [0.3, 0.4) is 0 Å². The van der Waals surface area contributed by atoms with Crippen LogP contribution >= 0.6 is 0 Å². The average Bonchev–Trinajstić information content (AvgIpc) is 2.37. The van der Waals surface area contributed by atoms with Gasteiger partial charge < -0.3 is 14.9 Å². The van der Waals surface area contributed by atoms with Gasteiger partial charge in [-0.2, -0.15) is 0 Å². The van der Waals surface area contributed by atoms with Crippen molar-refractivity contribution in [2.45, 2.75) is 6.10 Å². The molecule has 18 heavy (non-hydrogen) atoms. The maximum Gasteiger partial charge on any atom is 0.129 e. The van der Waals surface area contributed by atoms with E-state index in [0.29, 0.717) is 5.75 Å². The summed E-state index contributed by atoms with van der Waals surface area (Å²) in [5.41, 5.74) is 0.192. The summed E-state index contributed by atoms with van der Waals surface area (Å²) in [6, 6.07) is 12.2. The Hall–Kier alpha value is -2.07. The number of phenols is 1. The Balaban J connectivity index is 2.00. The number of benzene rings is 2. The minimum atomic E-state index is -1.05. The van der Waals surface area contributed by atoms with Gasteiger partial charge in [0.1, 0.15) is 30.0 Å². The quantitative estimate of drug-likeness (QED) is 0.874. The van der Waals surface area contributed by atoms with Gasteiger partial charge in [0.2, 0.25) is 0 Å². The molecular weight excluding hydrogens is 235 g/mol. The lowest BCUT2D eigenvalue weighted by Gasteiger charge is -2.13. The fraction of sp³-hybridized carbons (Fsp3) is 0.143. The molecule has 94 valence electrons. The van der Waals surface area contributed by atoms with E-state index in [-0.39, 0.29) is 17.9 Å². The Kier molecular flexibility index (Phi) is 3.79. The number of aromatic hydroxyl groups is 1. The Bertz CT molecular complexity index is 528. The number of ether oxygens (including phenoxy) is 1. The first-order valence-corrected chi connectivity index (χ1v) is 5.51. The van der Waals surface area contributed by atoms with E-state index in [9.17, 15) is 14.6 Å². The smallest absolute Gasteiger partial charge is 0.129 e. The Morgan fingerprint density at radius 2 is 1.89 bits per heavy atom. The molecule has 0 aromatic heterocycles. The van der Waals surface area contributed by atoms with Gasteiger partial charge >= 0.3 is 0 Å². The van der Waals surface area contributed by atoms with Crippen molar-refractivity contribution in [2.75, 3.05) is 6.61 Å². The Labute approximate surface area is 104 Å². The van der Waals surface area contributed by atoms with Crippen molar-refractivity contribution in [3.63, 3.8) is 0 Å². The minimum Gasteiger partial charge on any atom is -0.508 e. The van der Waals surface area contributed by atoms with Crippen molar-refractivity contribution >= 4 is 0 Å². The zero-order valence-electron chi connectivity index (χ0n) is 9.58. The second kappa shape index (κ2) is 5.51. The normalized spacial score (nSPS) is 12.1. The zero-order chi connectivity index (χ0) is 13.0. The number of hydrogen-bond donors (Lipinski definition) is 2. The van der Waals surface area contributed by atoms with E-state index in [2.05, 4.69) is 0 Å². The van der Waals surface area contributed by atoms with Gasteiger partial charge in [0, 0.05) is 11.6 Å². The van der Waals surface area contributed by atoms with Crippen LogP contribution < -0.4 is 4.74 Å². The van der Waals surface area contributed by atoms with Crippen LogP contribution in [-0.2, 0) is 0 Å². The Morgan fingerprint density at radius 3 is 2.61 bits per heavy atom. The molecule has 1 atom stereocenters. The second-order valence-electron chi connectivity index (χ2n) is 3.85. The number of phenolic OH excluding ortho intramolecular Hbond substituents is 1. The van der Waals surface area contributed by atoms with Gasteiger partial charge in [-0.25, -0.2) is 4.39 Å². The molecule has 2 aromatic carbocycles. The molecule has 4 heteroatoms. The Morgan fingerprint density at radius 1 is 1.11 bits per heavy atom. The van der Waals surface area contributed by atoms with Gasteiger partial charge in [-0.15, -0.1) is 0 Å². The first-order valence-electron chi connectivity index (χ1n) is 5.51. The molecule has 2 rings (SSSR count). The van der Waals surface area contributed by atoms with Gasteiger partial charge in [-0.1, -0.05) is 24.3 Å². The van der Waals surface area contributed by atoms with Gasteiger partial charge in [-0.3, -0.25) is 0 Å². The summed E-state index contributed by atoms with van der Waals surface area (Å²) in [4.78, 5) is 0. The molecule has 0 bridgehead atoms. The highest BCUT2D eigenvalue weighted by Gasteiger charge is 2.12. The molecule has 0 aliphatic heterocycles. The molecular formula is C14H13FO3. The third-order valence-corrected chi connectivity index (χ3v) is 2.49. The van der Waals surface area contributed by atoms with E-state index < -0.39 is 11.9 Å². The second-order valence-corrected chi connectivity index (χ2v) is 3.85. The van der Waals surface area contributed by atoms with E-state index >= 15 is 0 Å². The molecule has 0 fully saturated rings. The van der Waals surface area contributed by atoms with E-state index in [1.54, 1.807) is 24.3 Å².